The van der Waals surface area contributed by atoms with Crippen LogP contribution in [0.5, 0.6) is 17.2 Å². The molecule has 1 saturated heterocycles. The van der Waals surface area contributed by atoms with Crippen molar-refractivity contribution in [3.05, 3.63) is 78.1 Å². The number of fused-ring (bicyclic) bond motifs is 1. The Kier molecular flexibility index (Phi) is 11.4. The number of piperazine rings is 1. The Morgan fingerprint density at radius 1 is 0.904 bits per heavy atom. The third-order valence-corrected chi connectivity index (χ3v) is 8.79. The zero-order chi connectivity index (χ0) is 37.6. The van der Waals surface area contributed by atoms with Crippen molar-refractivity contribution in [3.8, 4) is 17.2 Å². The first-order valence-corrected chi connectivity index (χ1v) is 17.1. The molecule has 0 radical (unpaired) electrons. The molecule has 1 atom stereocenters. The number of nitrogens with zero attached hydrogens (tertiary/aromatic N) is 3. The highest BCUT2D eigenvalue weighted by atomic mass is 16.5. The van der Waals surface area contributed by atoms with Crippen LogP contribution in [0.1, 0.15) is 57.1 Å². The normalized spacial score (nSPS) is 14.4. The first kappa shape index (κ1) is 37.2. The van der Waals surface area contributed by atoms with E-state index in [4.69, 9.17) is 9.47 Å². The molecule has 6 amide bonds. The summed E-state index contributed by atoms with van der Waals surface area (Å²) >= 11 is 0. The Morgan fingerprint density at radius 3 is 2.25 bits per heavy atom. The number of hydrogen-bond donors (Lipinski definition) is 5. The number of carbonyl (C=O) groups is 4. The average Bonchev–Trinajstić information content (AvgIpc) is 3.11. The third kappa shape index (κ3) is 8.45. The van der Waals surface area contributed by atoms with Crippen LogP contribution >= 0.6 is 0 Å². The molecule has 5 rings (SSSR count). The molecule has 1 unspecified atom stereocenters. The largest absolute Gasteiger partial charge is 0.492 e. The Labute approximate surface area is 302 Å². The van der Waals surface area contributed by atoms with E-state index >= 15 is 0 Å². The summed E-state index contributed by atoms with van der Waals surface area (Å²) in [5.74, 6) is 0.829. The summed E-state index contributed by atoms with van der Waals surface area (Å²) in [6, 6.07) is 16.7. The molecule has 0 spiro atoms. The molecule has 52 heavy (non-hydrogen) atoms. The lowest BCUT2D eigenvalue weighted by Gasteiger charge is -2.40. The van der Waals surface area contributed by atoms with E-state index in [-0.39, 0.29) is 46.2 Å². The van der Waals surface area contributed by atoms with Crippen LogP contribution in [0.25, 0.3) is 10.8 Å². The molecule has 0 bridgehead atoms. The first-order valence-electron chi connectivity index (χ1n) is 17.1. The van der Waals surface area contributed by atoms with E-state index < -0.39 is 12.1 Å². The van der Waals surface area contributed by atoms with Crippen LogP contribution in [0, 0.1) is 0 Å². The number of methoxy groups -OCH3 is 1. The highest BCUT2D eigenvalue weighted by molar-refractivity contribution is 6.08. The SMILES string of the molecule is CCNC(=O)N1CCN(C(=O)c2cc(Oc3ccc(NC(=O)Nc4cc(C(C)(C)C)cc(NC(=O)O)c4OC)c4ccccc34)ccn2)CC1CC. The van der Waals surface area contributed by atoms with Gasteiger partial charge in [-0.1, -0.05) is 52.0 Å². The van der Waals surface area contributed by atoms with Gasteiger partial charge in [0.15, 0.2) is 5.75 Å². The van der Waals surface area contributed by atoms with E-state index in [1.54, 1.807) is 46.2 Å². The second kappa shape index (κ2) is 15.9. The summed E-state index contributed by atoms with van der Waals surface area (Å²) in [4.78, 5) is 58.8. The molecule has 14 nitrogen and oxygen atoms in total. The van der Waals surface area contributed by atoms with Gasteiger partial charge in [0, 0.05) is 49.2 Å². The van der Waals surface area contributed by atoms with Crippen molar-refractivity contribution >= 4 is 51.9 Å². The summed E-state index contributed by atoms with van der Waals surface area (Å²) in [6.07, 6.45) is 0.968. The molecule has 4 aromatic rings. The summed E-state index contributed by atoms with van der Waals surface area (Å²) in [5, 5.41) is 21.7. The fourth-order valence-corrected chi connectivity index (χ4v) is 6.12. The molecule has 0 saturated carbocycles. The van der Waals surface area contributed by atoms with Gasteiger partial charge in [0.2, 0.25) is 0 Å². The van der Waals surface area contributed by atoms with Crippen LogP contribution in [0.3, 0.4) is 0 Å². The van der Waals surface area contributed by atoms with Crippen molar-refractivity contribution < 1.29 is 33.8 Å². The predicted octanol–water partition coefficient (Wildman–Crippen LogP) is 7.33. The van der Waals surface area contributed by atoms with Crippen LogP contribution in [0.4, 0.5) is 31.4 Å². The number of hydrogen-bond acceptors (Lipinski definition) is 7. The molecule has 14 heteroatoms. The predicted molar refractivity (Wildman–Crippen MR) is 200 cm³/mol. The number of ether oxygens (including phenoxy) is 2. The number of carboxylic acid groups (broad SMARTS) is 1. The van der Waals surface area contributed by atoms with Gasteiger partial charge >= 0.3 is 18.2 Å². The fraction of sp³-hybridized carbons (Fsp3) is 0.342. The van der Waals surface area contributed by atoms with E-state index in [2.05, 4.69) is 26.3 Å². The molecule has 1 aliphatic heterocycles. The van der Waals surface area contributed by atoms with Crippen molar-refractivity contribution in [2.75, 3.05) is 49.2 Å². The van der Waals surface area contributed by atoms with E-state index in [1.165, 1.54) is 13.3 Å². The highest BCUT2D eigenvalue weighted by Gasteiger charge is 2.32. The molecule has 1 aromatic heterocycles. The van der Waals surface area contributed by atoms with Crippen molar-refractivity contribution in [1.82, 2.24) is 20.1 Å². The minimum atomic E-state index is -1.26. The van der Waals surface area contributed by atoms with Gasteiger partial charge in [-0.3, -0.25) is 15.1 Å². The monoisotopic (exact) mass is 711 g/mol. The summed E-state index contributed by atoms with van der Waals surface area (Å²) in [7, 11) is 1.40. The molecule has 3 aromatic carbocycles. The summed E-state index contributed by atoms with van der Waals surface area (Å²) in [6.45, 7) is 11.6. The van der Waals surface area contributed by atoms with Crippen molar-refractivity contribution in [2.24, 2.45) is 0 Å². The number of amides is 6. The zero-order valence-corrected chi connectivity index (χ0v) is 30.2. The second-order valence-electron chi connectivity index (χ2n) is 13.3. The quantitative estimate of drug-likeness (QED) is 0.120. The summed E-state index contributed by atoms with van der Waals surface area (Å²) < 4.78 is 11.8. The lowest BCUT2D eigenvalue weighted by molar-refractivity contribution is 0.0547. The number of anilines is 3. The van der Waals surface area contributed by atoms with Crippen molar-refractivity contribution in [1.29, 1.82) is 0 Å². The summed E-state index contributed by atoms with van der Waals surface area (Å²) in [5.41, 5.74) is 1.64. The van der Waals surface area contributed by atoms with Gasteiger partial charge in [-0.2, -0.15) is 0 Å². The van der Waals surface area contributed by atoms with Gasteiger partial charge in [0.05, 0.1) is 30.2 Å². The van der Waals surface area contributed by atoms with Crippen LogP contribution in [0.15, 0.2) is 66.9 Å². The Morgan fingerprint density at radius 2 is 1.60 bits per heavy atom. The van der Waals surface area contributed by atoms with Crippen LogP contribution in [-0.2, 0) is 5.41 Å². The van der Waals surface area contributed by atoms with Crippen LogP contribution < -0.4 is 30.7 Å². The third-order valence-electron chi connectivity index (χ3n) is 8.79. The lowest BCUT2D eigenvalue weighted by Crippen LogP contribution is -2.58. The molecule has 0 aliphatic carbocycles. The molecule has 5 N–H and O–H groups in total. The lowest BCUT2D eigenvalue weighted by atomic mass is 9.86. The van der Waals surface area contributed by atoms with E-state index in [1.807, 2.05) is 58.9 Å². The number of carbonyl (C=O) groups excluding carboxylic acids is 3. The van der Waals surface area contributed by atoms with E-state index in [0.29, 0.717) is 60.6 Å². The van der Waals surface area contributed by atoms with Gasteiger partial charge in [0.25, 0.3) is 5.91 Å². The number of aromatic nitrogens is 1. The van der Waals surface area contributed by atoms with Crippen LogP contribution in [0.2, 0.25) is 0 Å². The van der Waals surface area contributed by atoms with Crippen LogP contribution in [-0.4, -0.2) is 83.3 Å². The number of nitrogens with one attached hydrogen (secondary N) is 4. The molecular weight excluding hydrogens is 666 g/mol. The Hall–Kier alpha value is -6.05. The number of pyridine rings is 1. The Balaban J connectivity index is 1.34. The topological polar surface area (TPSA) is 174 Å². The molecule has 274 valence electrons. The Bertz CT molecular complexity index is 1980. The fourth-order valence-electron chi connectivity index (χ4n) is 6.12. The van der Waals surface area contributed by atoms with E-state index in [9.17, 15) is 24.3 Å². The first-order chi connectivity index (χ1) is 24.8. The van der Waals surface area contributed by atoms with Gasteiger partial charge in [-0.05, 0) is 54.7 Å². The van der Waals surface area contributed by atoms with Gasteiger partial charge < -0.3 is 40.3 Å². The van der Waals surface area contributed by atoms with Gasteiger partial charge in [-0.15, -0.1) is 0 Å². The van der Waals surface area contributed by atoms with Crippen molar-refractivity contribution in [2.45, 2.75) is 52.5 Å². The van der Waals surface area contributed by atoms with Gasteiger partial charge in [-0.25, -0.2) is 14.4 Å². The minimum absolute atomic E-state index is 0.105. The highest BCUT2D eigenvalue weighted by Crippen LogP contribution is 2.39. The maximum atomic E-state index is 13.5. The minimum Gasteiger partial charge on any atom is -0.492 e. The smallest absolute Gasteiger partial charge is 0.409 e. The second-order valence-corrected chi connectivity index (χ2v) is 13.3. The maximum absolute atomic E-state index is 13.5. The van der Waals surface area contributed by atoms with E-state index in [0.717, 1.165) is 5.56 Å². The number of urea groups is 2. The van der Waals surface area contributed by atoms with Gasteiger partial charge in [0.1, 0.15) is 17.2 Å². The molecule has 1 fully saturated rings. The maximum Gasteiger partial charge on any atom is 0.409 e. The zero-order valence-electron chi connectivity index (χ0n) is 30.2. The molecule has 1 aliphatic rings. The standard InChI is InChI=1S/C38H45N7O7/c1-7-24-22-44(17-18-45(24)36(48)39-8-2)34(46)31-21-25(15-16-40-31)52-32-14-13-28(26-11-9-10-12-27(26)32)41-35(47)42-29-19-23(38(3,4)5)20-30(33(29)51-6)43-37(49)50/h9-16,19-21,24,43H,7-8,17-18,22H2,1-6H3,(H,39,48)(H,49,50)(H2,41,42,47). The number of benzene rings is 3. The van der Waals surface area contributed by atoms with Crippen molar-refractivity contribution in [3.63, 3.8) is 0 Å². The molecule has 2 heterocycles. The molecular formula is C38H45N7O7. The number of rotatable bonds is 9. The average molecular weight is 712 g/mol.